The molecule has 5 rings (SSSR count). The van der Waals surface area contributed by atoms with Gasteiger partial charge in [0.2, 0.25) is 0 Å². The maximum Gasteiger partial charge on any atom is 0.273 e. The van der Waals surface area contributed by atoms with Gasteiger partial charge >= 0.3 is 0 Å². The van der Waals surface area contributed by atoms with Crippen LogP contribution in [0, 0.1) is 0 Å². The minimum Gasteiger partial charge on any atom is -0.507 e. The molecule has 0 aliphatic carbocycles. The fourth-order valence-electron chi connectivity index (χ4n) is 4.55. The summed E-state index contributed by atoms with van der Waals surface area (Å²) >= 11 is 0. The number of methoxy groups -OCH3 is 1. The molecule has 2 atom stereocenters. The highest BCUT2D eigenvalue weighted by Gasteiger charge is 2.48. The van der Waals surface area contributed by atoms with E-state index in [-0.39, 0.29) is 23.2 Å². The number of fused-ring (bicyclic) bond motifs is 1. The van der Waals surface area contributed by atoms with Crippen LogP contribution in [-0.4, -0.2) is 59.2 Å². The van der Waals surface area contributed by atoms with Crippen LogP contribution in [0.4, 0.5) is 0 Å². The molecule has 2 N–H and O–H groups in total. The summed E-state index contributed by atoms with van der Waals surface area (Å²) in [7, 11) is -1.63. The third-order valence-corrected chi connectivity index (χ3v) is 7.72. The zero-order chi connectivity index (χ0) is 21.8. The molecule has 0 spiro atoms. The highest BCUT2D eigenvalue weighted by molar-refractivity contribution is 7.91. The van der Waals surface area contributed by atoms with E-state index in [9.17, 15) is 18.3 Å². The summed E-state index contributed by atoms with van der Waals surface area (Å²) in [5.41, 5.74) is 2.70. The molecule has 1 aromatic heterocycles. The van der Waals surface area contributed by atoms with E-state index in [1.807, 2.05) is 24.3 Å². The van der Waals surface area contributed by atoms with Crippen molar-refractivity contribution in [3.63, 3.8) is 0 Å². The van der Waals surface area contributed by atoms with Gasteiger partial charge in [-0.1, -0.05) is 24.3 Å². The molecule has 1 fully saturated rings. The van der Waals surface area contributed by atoms with Gasteiger partial charge in [-0.3, -0.25) is 9.89 Å². The lowest BCUT2D eigenvalue weighted by atomic mass is 9.95. The summed E-state index contributed by atoms with van der Waals surface area (Å²) in [5, 5.41) is 17.6. The van der Waals surface area contributed by atoms with E-state index in [0.717, 1.165) is 5.56 Å². The number of amides is 1. The molecule has 3 heterocycles. The van der Waals surface area contributed by atoms with Crippen molar-refractivity contribution in [1.82, 2.24) is 15.1 Å². The first kappa shape index (κ1) is 19.6. The molecule has 9 heteroatoms. The number of aromatic amines is 1. The Morgan fingerprint density at radius 1 is 1.19 bits per heavy atom. The first-order chi connectivity index (χ1) is 14.9. The SMILES string of the molecule is COc1cccc(C2c3c(-c4ccccc4O)n[nH]c3C(=O)N2C2CCS(=O)(=O)C2)c1. The third-order valence-electron chi connectivity index (χ3n) is 5.97. The van der Waals surface area contributed by atoms with E-state index in [2.05, 4.69) is 10.2 Å². The molecular weight excluding hydrogens is 418 g/mol. The second kappa shape index (κ2) is 7.12. The maximum atomic E-state index is 13.4. The number of aromatic nitrogens is 2. The summed E-state index contributed by atoms with van der Waals surface area (Å²) in [6.07, 6.45) is 0.387. The number of carbonyl (C=O) groups excluding carboxylic acids is 1. The number of benzene rings is 2. The van der Waals surface area contributed by atoms with Crippen molar-refractivity contribution in [3.8, 4) is 22.8 Å². The number of aromatic hydroxyl groups is 1. The first-order valence-corrected chi connectivity index (χ1v) is 11.8. The normalized spacial score (nSPS) is 22.0. The van der Waals surface area contributed by atoms with Crippen molar-refractivity contribution in [2.75, 3.05) is 18.6 Å². The largest absolute Gasteiger partial charge is 0.507 e. The van der Waals surface area contributed by atoms with Crippen LogP contribution >= 0.6 is 0 Å². The summed E-state index contributed by atoms with van der Waals surface area (Å²) in [6, 6.07) is 13.2. The summed E-state index contributed by atoms with van der Waals surface area (Å²) in [4.78, 5) is 15.1. The number of para-hydroxylation sites is 1. The van der Waals surface area contributed by atoms with Gasteiger partial charge in [0.15, 0.2) is 9.84 Å². The minimum atomic E-state index is -3.20. The zero-order valence-corrected chi connectivity index (χ0v) is 17.6. The summed E-state index contributed by atoms with van der Waals surface area (Å²) < 4.78 is 29.7. The lowest BCUT2D eigenvalue weighted by Crippen LogP contribution is -2.40. The van der Waals surface area contributed by atoms with Gasteiger partial charge < -0.3 is 14.7 Å². The fraction of sp³-hybridized carbons (Fsp3) is 0.273. The smallest absolute Gasteiger partial charge is 0.273 e. The van der Waals surface area contributed by atoms with Crippen LogP contribution in [0.25, 0.3) is 11.3 Å². The Labute approximate surface area is 179 Å². The lowest BCUT2D eigenvalue weighted by Gasteiger charge is -2.31. The Bertz CT molecular complexity index is 1280. The van der Waals surface area contributed by atoms with Gasteiger partial charge in [-0.05, 0) is 36.2 Å². The standard InChI is InChI=1S/C22H21N3O5S/c1-30-15-6-4-5-13(11-15)21-18-19(16-7-2-3-8-17(16)26)23-24-20(18)22(27)25(21)14-9-10-31(28,29)12-14/h2-8,11,14,21,26H,9-10,12H2,1H3,(H,23,24). The number of ether oxygens (including phenoxy) is 1. The number of phenols is 1. The van der Waals surface area contributed by atoms with Gasteiger partial charge in [-0.25, -0.2) is 8.42 Å². The number of nitrogens with zero attached hydrogens (tertiary/aromatic N) is 2. The number of sulfone groups is 1. The molecule has 1 saturated heterocycles. The van der Waals surface area contributed by atoms with Gasteiger partial charge in [0.05, 0.1) is 24.7 Å². The molecular formula is C22H21N3O5S. The van der Waals surface area contributed by atoms with Gasteiger partial charge in [0, 0.05) is 17.2 Å². The Morgan fingerprint density at radius 3 is 2.71 bits per heavy atom. The molecule has 2 aliphatic heterocycles. The monoisotopic (exact) mass is 439 g/mol. The molecule has 0 saturated carbocycles. The van der Waals surface area contributed by atoms with E-state index in [4.69, 9.17) is 4.74 Å². The average Bonchev–Trinajstić information content (AvgIpc) is 3.42. The van der Waals surface area contributed by atoms with Gasteiger partial charge in [0.25, 0.3) is 5.91 Å². The molecule has 3 aromatic rings. The fourth-order valence-corrected chi connectivity index (χ4v) is 6.27. The van der Waals surface area contributed by atoms with Crippen molar-refractivity contribution in [2.45, 2.75) is 18.5 Å². The minimum absolute atomic E-state index is 0.0514. The number of hydrogen-bond acceptors (Lipinski definition) is 6. The first-order valence-electron chi connectivity index (χ1n) is 9.93. The van der Waals surface area contributed by atoms with Gasteiger partial charge in [-0.2, -0.15) is 5.10 Å². The summed E-state index contributed by atoms with van der Waals surface area (Å²) in [6.45, 7) is 0. The summed E-state index contributed by atoms with van der Waals surface area (Å²) in [5.74, 6) is 0.382. The van der Waals surface area contributed by atoms with Crippen molar-refractivity contribution in [1.29, 1.82) is 0 Å². The molecule has 31 heavy (non-hydrogen) atoms. The molecule has 8 nitrogen and oxygen atoms in total. The van der Waals surface area contributed by atoms with E-state index < -0.39 is 21.9 Å². The predicted octanol–water partition coefficient (Wildman–Crippen LogP) is 2.52. The van der Waals surface area contributed by atoms with E-state index in [1.165, 1.54) is 0 Å². The highest BCUT2D eigenvalue weighted by Crippen LogP contribution is 2.46. The topological polar surface area (TPSA) is 113 Å². The molecule has 2 aromatic carbocycles. The Hall–Kier alpha value is -3.33. The molecule has 2 unspecified atom stereocenters. The maximum absolute atomic E-state index is 13.4. The Morgan fingerprint density at radius 2 is 2.00 bits per heavy atom. The average molecular weight is 439 g/mol. The van der Waals surface area contributed by atoms with Crippen LogP contribution in [0.2, 0.25) is 0 Å². The molecule has 0 radical (unpaired) electrons. The van der Waals surface area contributed by atoms with Crippen molar-refractivity contribution in [3.05, 3.63) is 65.4 Å². The predicted molar refractivity (Wildman–Crippen MR) is 114 cm³/mol. The van der Waals surface area contributed by atoms with Crippen LogP contribution in [0.5, 0.6) is 11.5 Å². The molecule has 160 valence electrons. The second-order valence-corrected chi connectivity index (χ2v) is 10.1. The third kappa shape index (κ3) is 3.16. The zero-order valence-electron chi connectivity index (χ0n) is 16.8. The van der Waals surface area contributed by atoms with Crippen LogP contribution < -0.4 is 4.74 Å². The van der Waals surface area contributed by atoms with E-state index in [0.29, 0.717) is 34.7 Å². The lowest BCUT2D eigenvalue weighted by molar-refractivity contribution is 0.0677. The number of carbonyl (C=O) groups is 1. The quantitative estimate of drug-likeness (QED) is 0.646. The van der Waals surface area contributed by atoms with E-state index >= 15 is 0 Å². The van der Waals surface area contributed by atoms with Crippen LogP contribution in [-0.2, 0) is 9.84 Å². The molecule has 0 bridgehead atoms. The van der Waals surface area contributed by atoms with Crippen LogP contribution in [0.1, 0.15) is 34.1 Å². The number of rotatable bonds is 4. The molecule has 2 aliphatic rings. The number of hydrogen-bond donors (Lipinski definition) is 2. The molecule has 1 amide bonds. The second-order valence-electron chi connectivity index (χ2n) is 7.83. The van der Waals surface area contributed by atoms with Crippen molar-refractivity contribution in [2.24, 2.45) is 0 Å². The van der Waals surface area contributed by atoms with Crippen molar-refractivity contribution >= 4 is 15.7 Å². The van der Waals surface area contributed by atoms with Crippen molar-refractivity contribution < 1.29 is 23.1 Å². The highest BCUT2D eigenvalue weighted by atomic mass is 32.2. The number of nitrogens with one attached hydrogen (secondary N) is 1. The van der Waals surface area contributed by atoms with Crippen LogP contribution in [0.3, 0.4) is 0 Å². The van der Waals surface area contributed by atoms with Gasteiger partial charge in [-0.15, -0.1) is 0 Å². The number of phenolic OH excluding ortho intramolecular Hbond substituents is 1. The van der Waals surface area contributed by atoms with Gasteiger partial charge in [0.1, 0.15) is 22.9 Å². The Balaban J connectivity index is 1.70. The number of H-pyrrole nitrogens is 1. The Kier molecular flexibility index (Phi) is 4.51. The van der Waals surface area contributed by atoms with Crippen LogP contribution in [0.15, 0.2) is 48.5 Å². The van der Waals surface area contributed by atoms with E-state index in [1.54, 1.807) is 36.3 Å².